The van der Waals surface area contributed by atoms with Gasteiger partial charge < -0.3 is 4.74 Å². The van der Waals surface area contributed by atoms with E-state index in [2.05, 4.69) is 4.74 Å². The van der Waals surface area contributed by atoms with Crippen molar-refractivity contribution in [2.24, 2.45) is 0 Å². The quantitative estimate of drug-likeness (QED) is 0.647. The third-order valence-corrected chi connectivity index (χ3v) is 1.55. The molecule has 1 atom stereocenters. The molecule has 1 rings (SSSR count). The number of ether oxygens (including phenoxy) is 1. The number of hydrogen-bond acceptors (Lipinski definition) is 2. The predicted octanol–water partition coefficient (Wildman–Crippen LogP) is 2.01. The van der Waals surface area contributed by atoms with Gasteiger partial charge in [0, 0.05) is 5.56 Å². The number of alkyl halides is 1. The molecule has 0 fully saturated rings. The summed E-state index contributed by atoms with van der Waals surface area (Å²) in [7, 11) is 0. The minimum Gasteiger partial charge on any atom is -0.433 e. The molecule has 0 saturated heterocycles. The normalized spacial score (nSPS) is 12.1. The Morgan fingerprint density at radius 3 is 2.55 bits per heavy atom. The monoisotopic (exact) mass is 169 g/mol. The fourth-order valence-electron chi connectivity index (χ4n) is 0.715. The van der Waals surface area contributed by atoms with Crippen LogP contribution >= 0.6 is 11.6 Å². The number of carbonyl (C=O) groups excluding carboxylic acids is 1. The summed E-state index contributed by atoms with van der Waals surface area (Å²) in [4.78, 5) is 9.76. The molecule has 0 bridgehead atoms. The van der Waals surface area contributed by atoms with E-state index in [1.165, 1.54) is 6.47 Å². The fraction of sp³-hybridized carbons (Fsp3) is 0.125. The topological polar surface area (TPSA) is 26.3 Å². The van der Waals surface area contributed by atoms with E-state index in [-0.39, 0.29) is 0 Å². The lowest BCUT2D eigenvalue weighted by Crippen LogP contribution is -1.93. The van der Waals surface area contributed by atoms with Gasteiger partial charge in [-0.05, 0) is 0 Å². The van der Waals surface area contributed by atoms with Gasteiger partial charge in [0.05, 0.1) is 0 Å². The van der Waals surface area contributed by atoms with Crippen molar-refractivity contribution in [3.05, 3.63) is 35.9 Å². The van der Waals surface area contributed by atoms with Crippen molar-refractivity contribution in [3.8, 4) is 0 Å². The molecule has 1 radical (unpaired) electrons. The van der Waals surface area contributed by atoms with Crippen LogP contribution in [-0.4, -0.2) is 6.47 Å². The van der Waals surface area contributed by atoms with Crippen molar-refractivity contribution < 1.29 is 9.53 Å². The standard InChI is InChI=1S/C8H6ClO2/c9-8(11-6-10)7-4-2-1-3-5-7/h1-5,8H. The van der Waals surface area contributed by atoms with E-state index in [4.69, 9.17) is 11.6 Å². The van der Waals surface area contributed by atoms with Gasteiger partial charge in [0.25, 0.3) is 0 Å². The molecule has 1 aromatic carbocycles. The van der Waals surface area contributed by atoms with E-state index in [1.54, 1.807) is 12.1 Å². The Balaban J connectivity index is 2.68. The van der Waals surface area contributed by atoms with Crippen LogP contribution in [0.4, 0.5) is 0 Å². The van der Waals surface area contributed by atoms with Crippen molar-refractivity contribution in [1.29, 1.82) is 0 Å². The van der Waals surface area contributed by atoms with Crippen molar-refractivity contribution >= 4 is 18.1 Å². The van der Waals surface area contributed by atoms with Crippen LogP contribution in [0.25, 0.3) is 0 Å². The van der Waals surface area contributed by atoms with Crippen LogP contribution in [-0.2, 0) is 9.53 Å². The van der Waals surface area contributed by atoms with Crippen molar-refractivity contribution in [1.82, 2.24) is 0 Å². The molecule has 0 saturated carbocycles. The van der Waals surface area contributed by atoms with E-state index in [9.17, 15) is 4.79 Å². The molecule has 11 heavy (non-hydrogen) atoms. The summed E-state index contributed by atoms with van der Waals surface area (Å²) < 4.78 is 4.39. The molecular formula is C8H6ClO2. The molecule has 2 nitrogen and oxygen atoms in total. The molecular weight excluding hydrogens is 164 g/mol. The maximum Gasteiger partial charge on any atom is 0.419 e. The van der Waals surface area contributed by atoms with Crippen LogP contribution in [0, 0.1) is 0 Å². The number of rotatable bonds is 3. The lowest BCUT2D eigenvalue weighted by Gasteiger charge is -2.04. The average Bonchev–Trinajstić information content (AvgIpc) is 2.07. The highest BCUT2D eigenvalue weighted by Crippen LogP contribution is 2.19. The van der Waals surface area contributed by atoms with Crippen LogP contribution in [0.5, 0.6) is 0 Å². The highest BCUT2D eigenvalue weighted by atomic mass is 35.5. The van der Waals surface area contributed by atoms with Crippen LogP contribution in [0.15, 0.2) is 30.3 Å². The minimum atomic E-state index is -0.728. The number of halogens is 1. The smallest absolute Gasteiger partial charge is 0.419 e. The van der Waals surface area contributed by atoms with Gasteiger partial charge in [-0.15, -0.1) is 0 Å². The summed E-state index contributed by atoms with van der Waals surface area (Å²) in [5.41, 5.74) is 0.0196. The van der Waals surface area contributed by atoms with Gasteiger partial charge in [0.15, 0.2) is 0 Å². The van der Waals surface area contributed by atoms with Crippen molar-refractivity contribution in [2.45, 2.75) is 5.56 Å². The number of benzene rings is 1. The highest BCUT2D eigenvalue weighted by molar-refractivity contribution is 6.20. The van der Waals surface area contributed by atoms with Gasteiger partial charge in [0.1, 0.15) is 0 Å². The highest BCUT2D eigenvalue weighted by Gasteiger charge is 2.05. The summed E-state index contributed by atoms with van der Waals surface area (Å²) in [6, 6.07) is 9.04. The summed E-state index contributed by atoms with van der Waals surface area (Å²) in [5, 5.41) is 0. The van der Waals surface area contributed by atoms with E-state index >= 15 is 0 Å². The molecule has 0 aromatic heterocycles. The van der Waals surface area contributed by atoms with E-state index in [1.807, 2.05) is 18.2 Å². The largest absolute Gasteiger partial charge is 0.433 e. The van der Waals surface area contributed by atoms with Gasteiger partial charge in [-0.25, -0.2) is 4.79 Å². The van der Waals surface area contributed by atoms with Crippen molar-refractivity contribution in [2.75, 3.05) is 0 Å². The summed E-state index contributed by atoms with van der Waals surface area (Å²) in [5.74, 6) is 0. The zero-order valence-electron chi connectivity index (χ0n) is 5.66. The first kappa shape index (κ1) is 8.08. The summed E-state index contributed by atoms with van der Waals surface area (Å²) in [6.45, 7) is 1.28. The molecule has 3 heteroatoms. The first-order valence-electron chi connectivity index (χ1n) is 3.06. The second kappa shape index (κ2) is 3.98. The maximum absolute atomic E-state index is 9.76. The Morgan fingerprint density at radius 2 is 2.00 bits per heavy atom. The van der Waals surface area contributed by atoms with Gasteiger partial charge in [-0.1, -0.05) is 41.9 Å². The first-order chi connectivity index (χ1) is 5.34. The Labute approximate surface area is 69.7 Å². The summed E-state index contributed by atoms with van der Waals surface area (Å²) >= 11 is 5.62. The first-order valence-corrected chi connectivity index (χ1v) is 3.50. The molecule has 0 spiro atoms. The fourth-order valence-corrected chi connectivity index (χ4v) is 0.896. The minimum absolute atomic E-state index is 0.728. The molecule has 0 aliphatic heterocycles. The number of hydrogen-bond donors (Lipinski definition) is 0. The lowest BCUT2D eigenvalue weighted by molar-refractivity contribution is 0.251. The maximum atomic E-state index is 9.76. The molecule has 0 heterocycles. The van der Waals surface area contributed by atoms with E-state index < -0.39 is 5.56 Å². The molecule has 0 N–H and O–H groups in total. The third-order valence-electron chi connectivity index (χ3n) is 1.21. The average molecular weight is 170 g/mol. The molecule has 1 aromatic rings. The summed E-state index contributed by atoms with van der Waals surface area (Å²) in [6.07, 6.45) is 0. The molecule has 0 aliphatic carbocycles. The Morgan fingerprint density at radius 1 is 1.36 bits per heavy atom. The molecule has 57 valence electrons. The van der Waals surface area contributed by atoms with Crippen LogP contribution < -0.4 is 0 Å². The molecule has 0 amide bonds. The SMILES string of the molecule is O=[C]OC(Cl)c1ccccc1. The van der Waals surface area contributed by atoms with Crippen molar-refractivity contribution in [3.63, 3.8) is 0 Å². The van der Waals surface area contributed by atoms with E-state index in [0.717, 1.165) is 5.56 Å². The van der Waals surface area contributed by atoms with E-state index in [0.29, 0.717) is 0 Å². The second-order valence-corrected chi connectivity index (χ2v) is 2.32. The lowest BCUT2D eigenvalue weighted by atomic mass is 10.2. The Bertz CT molecular complexity index is 223. The molecule has 0 aliphatic rings. The van der Waals surface area contributed by atoms with Gasteiger partial charge >= 0.3 is 6.47 Å². The van der Waals surface area contributed by atoms with Gasteiger partial charge in [-0.2, -0.15) is 0 Å². The Hall–Kier alpha value is -1.02. The predicted molar refractivity (Wildman–Crippen MR) is 41.8 cm³/mol. The van der Waals surface area contributed by atoms with Gasteiger partial charge in [-0.3, -0.25) is 0 Å². The third kappa shape index (κ3) is 2.24. The second-order valence-electron chi connectivity index (χ2n) is 1.93. The van der Waals surface area contributed by atoms with Crippen LogP contribution in [0.2, 0.25) is 0 Å². The molecule has 1 unspecified atom stereocenters. The van der Waals surface area contributed by atoms with Crippen LogP contribution in [0.1, 0.15) is 11.1 Å². The zero-order valence-corrected chi connectivity index (χ0v) is 6.41. The zero-order chi connectivity index (χ0) is 8.10. The Kier molecular flexibility index (Phi) is 2.93. The van der Waals surface area contributed by atoms with Crippen LogP contribution in [0.3, 0.4) is 0 Å². The van der Waals surface area contributed by atoms with Gasteiger partial charge in [0.2, 0.25) is 5.56 Å².